The van der Waals surface area contributed by atoms with E-state index < -0.39 is 0 Å². The summed E-state index contributed by atoms with van der Waals surface area (Å²) in [7, 11) is 1.89. The molecule has 0 amide bonds. The SMILES string of the molecule is CCCCCCCC/C=C\CCCCCCCC(=O)CC(CNC)C(=O)CCCCCCC/C=C\CCCCCCCC. The number of rotatable bonds is 35. The molecule has 0 aromatic rings. The maximum atomic E-state index is 12.8. The average molecular weight is 602 g/mol. The lowest BCUT2D eigenvalue weighted by molar-refractivity contribution is -0.128. The first-order chi connectivity index (χ1) is 21.2. The standard InChI is InChI=1S/C40H75NO2/c1-4-6-8-10-12-14-16-18-20-22-24-26-28-30-32-34-39(42)36-38(37-41-3)40(43)35-33-31-29-27-25-23-21-19-17-15-13-11-9-7-5-2/h18-21,38,41H,4-17,22-37H2,1-3H3/b20-18-,21-19-. The molecule has 0 rings (SSSR count). The molecule has 0 aliphatic rings. The van der Waals surface area contributed by atoms with E-state index in [9.17, 15) is 9.59 Å². The molecule has 0 saturated heterocycles. The van der Waals surface area contributed by atoms with Crippen molar-refractivity contribution in [1.29, 1.82) is 0 Å². The van der Waals surface area contributed by atoms with E-state index in [1.54, 1.807) is 0 Å². The Labute approximate surface area is 269 Å². The number of allylic oxidation sites excluding steroid dienone is 4. The molecule has 0 aliphatic carbocycles. The van der Waals surface area contributed by atoms with Crippen molar-refractivity contribution in [2.45, 2.75) is 200 Å². The lowest BCUT2D eigenvalue weighted by Gasteiger charge is -2.15. The zero-order chi connectivity index (χ0) is 31.5. The van der Waals surface area contributed by atoms with Crippen LogP contribution >= 0.6 is 0 Å². The Morgan fingerprint density at radius 1 is 0.488 bits per heavy atom. The fourth-order valence-corrected chi connectivity index (χ4v) is 5.89. The maximum absolute atomic E-state index is 12.8. The Balaban J connectivity index is 3.72. The topological polar surface area (TPSA) is 46.2 Å². The Bertz CT molecular complexity index is 653. The van der Waals surface area contributed by atoms with Gasteiger partial charge in [-0.05, 0) is 71.3 Å². The average Bonchev–Trinajstić information content (AvgIpc) is 3.00. The molecule has 1 N–H and O–H groups in total. The number of hydrogen-bond acceptors (Lipinski definition) is 3. The third-order valence-corrected chi connectivity index (χ3v) is 8.78. The van der Waals surface area contributed by atoms with Gasteiger partial charge in [0, 0.05) is 31.7 Å². The fourth-order valence-electron chi connectivity index (χ4n) is 5.89. The van der Waals surface area contributed by atoms with Crippen LogP contribution in [-0.2, 0) is 9.59 Å². The number of carbonyl (C=O) groups excluding carboxylic acids is 2. The summed E-state index contributed by atoms with van der Waals surface area (Å²) in [5.74, 6) is 0.415. The van der Waals surface area contributed by atoms with Crippen LogP contribution in [-0.4, -0.2) is 25.2 Å². The van der Waals surface area contributed by atoms with E-state index in [-0.39, 0.29) is 17.5 Å². The third-order valence-electron chi connectivity index (χ3n) is 8.78. The highest BCUT2D eigenvalue weighted by atomic mass is 16.1. The van der Waals surface area contributed by atoms with Crippen LogP contribution in [0.15, 0.2) is 24.3 Å². The molecular weight excluding hydrogens is 526 g/mol. The van der Waals surface area contributed by atoms with Gasteiger partial charge in [0.2, 0.25) is 0 Å². The number of Topliss-reactive ketones (excluding diaryl/α,β-unsaturated/α-hetero) is 2. The van der Waals surface area contributed by atoms with E-state index in [0.717, 1.165) is 25.7 Å². The number of hydrogen-bond donors (Lipinski definition) is 1. The second-order valence-electron chi connectivity index (χ2n) is 13.1. The van der Waals surface area contributed by atoms with Crippen molar-refractivity contribution in [2.24, 2.45) is 5.92 Å². The van der Waals surface area contributed by atoms with Crippen molar-refractivity contribution in [3.63, 3.8) is 0 Å². The van der Waals surface area contributed by atoms with Crippen LogP contribution in [0.2, 0.25) is 0 Å². The first kappa shape index (κ1) is 41.8. The molecule has 0 spiro atoms. The summed E-state index contributed by atoms with van der Waals surface area (Å²) in [5, 5.41) is 3.15. The van der Waals surface area contributed by atoms with Crippen LogP contribution in [0.3, 0.4) is 0 Å². The molecule has 0 bridgehead atoms. The van der Waals surface area contributed by atoms with Crippen LogP contribution in [0.4, 0.5) is 0 Å². The normalized spacial score (nSPS) is 12.5. The third kappa shape index (κ3) is 32.0. The van der Waals surface area contributed by atoms with Gasteiger partial charge in [0.1, 0.15) is 11.6 Å². The van der Waals surface area contributed by atoms with Gasteiger partial charge in [0.05, 0.1) is 0 Å². The van der Waals surface area contributed by atoms with Gasteiger partial charge in [-0.2, -0.15) is 0 Å². The molecule has 0 aromatic heterocycles. The second-order valence-corrected chi connectivity index (χ2v) is 13.1. The molecule has 0 saturated carbocycles. The Morgan fingerprint density at radius 3 is 1.23 bits per heavy atom. The maximum Gasteiger partial charge on any atom is 0.137 e. The molecule has 0 fully saturated rings. The summed E-state index contributed by atoms with van der Waals surface area (Å²) < 4.78 is 0. The molecule has 43 heavy (non-hydrogen) atoms. The molecule has 0 heterocycles. The van der Waals surface area contributed by atoms with E-state index in [1.807, 2.05) is 7.05 Å². The minimum atomic E-state index is -0.141. The van der Waals surface area contributed by atoms with Crippen LogP contribution in [0.5, 0.6) is 0 Å². The number of nitrogens with one attached hydrogen (secondary N) is 1. The minimum Gasteiger partial charge on any atom is -0.319 e. The molecule has 3 nitrogen and oxygen atoms in total. The van der Waals surface area contributed by atoms with Gasteiger partial charge >= 0.3 is 0 Å². The summed E-state index contributed by atoms with van der Waals surface area (Å²) in [6.07, 6.45) is 44.2. The monoisotopic (exact) mass is 602 g/mol. The van der Waals surface area contributed by atoms with Gasteiger partial charge in [0.15, 0.2) is 0 Å². The quantitative estimate of drug-likeness (QED) is 0.0580. The number of unbranched alkanes of at least 4 members (excludes halogenated alkanes) is 22. The van der Waals surface area contributed by atoms with Gasteiger partial charge in [-0.15, -0.1) is 0 Å². The van der Waals surface area contributed by atoms with Gasteiger partial charge < -0.3 is 5.32 Å². The van der Waals surface area contributed by atoms with Crippen molar-refractivity contribution in [3.8, 4) is 0 Å². The van der Waals surface area contributed by atoms with Crippen molar-refractivity contribution >= 4 is 11.6 Å². The fraction of sp³-hybridized carbons (Fsp3) is 0.850. The van der Waals surface area contributed by atoms with Gasteiger partial charge in [-0.3, -0.25) is 9.59 Å². The Hall–Kier alpha value is -1.22. The zero-order valence-corrected chi connectivity index (χ0v) is 29.4. The van der Waals surface area contributed by atoms with Crippen LogP contribution in [0, 0.1) is 5.92 Å². The molecule has 0 aliphatic heterocycles. The zero-order valence-electron chi connectivity index (χ0n) is 29.4. The highest BCUT2D eigenvalue weighted by molar-refractivity contribution is 5.88. The van der Waals surface area contributed by atoms with Crippen LogP contribution < -0.4 is 5.32 Å². The number of ketones is 2. The molecule has 3 heteroatoms. The summed E-state index contributed by atoms with van der Waals surface area (Å²) in [6.45, 7) is 5.17. The Kier molecular flexibility index (Phi) is 34.3. The van der Waals surface area contributed by atoms with E-state index in [4.69, 9.17) is 0 Å². The van der Waals surface area contributed by atoms with Crippen molar-refractivity contribution in [1.82, 2.24) is 5.32 Å². The molecule has 252 valence electrons. The van der Waals surface area contributed by atoms with E-state index >= 15 is 0 Å². The first-order valence-corrected chi connectivity index (χ1v) is 19.1. The Morgan fingerprint density at radius 2 is 0.837 bits per heavy atom. The summed E-state index contributed by atoms with van der Waals surface area (Å²) in [5.41, 5.74) is 0. The lowest BCUT2D eigenvalue weighted by Crippen LogP contribution is -2.28. The predicted molar refractivity (Wildman–Crippen MR) is 191 cm³/mol. The van der Waals surface area contributed by atoms with Crippen LogP contribution in [0.25, 0.3) is 0 Å². The smallest absolute Gasteiger partial charge is 0.137 e. The van der Waals surface area contributed by atoms with Gasteiger partial charge in [-0.25, -0.2) is 0 Å². The molecule has 1 atom stereocenters. The summed E-state index contributed by atoms with van der Waals surface area (Å²) in [4.78, 5) is 25.4. The predicted octanol–water partition coefficient (Wildman–Crippen LogP) is 12.4. The van der Waals surface area contributed by atoms with Crippen molar-refractivity contribution in [3.05, 3.63) is 24.3 Å². The molecule has 0 aromatic carbocycles. The van der Waals surface area contributed by atoms with Crippen LogP contribution in [0.1, 0.15) is 200 Å². The molecular formula is C40H75NO2. The second kappa shape index (κ2) is 35.3. The molecule has 1 unspecified atom stereocenters. The van der Waals surface area contributed by atoms with Crippen molar-refractivity contribution in [2.75, 3.05) is 13.6 Å². The highest BCUT2D eigenvalue weighted by Gasteiger charge is 2.20. The first-order valence-electron chi connectivity index (χ1n) is 19.1. The van der Waals surface area contributed by atoms with Gasteiger partial charge in [-0.1, -0.05) is 141 Å². The summed E-state index contributed by atoms with van der Waals surface area (Å²) in [6, 6.07) is 0. The van der Waals surface area contributed by atoms with Crippen molar-refractivity contribution < 1.29 is 9.59 Å². The van der Waals surface area contributed by atoms with E-state index in [1.165, 1.54) is 141 Å². The van der Waals surface area contributed by atoms with Gasteiger partial charge in [0.25, 0.3) is 0 Å². The lowest BCUT2D eigenvalue weighted by atomic mass is 9.92. The summed E-state index contributed by atoms with van der Waals surface area (Å²) >= 11 is 0. The molecule has 0 radical (unpaired) electrons. The van der Waals surface area contributed by atoms with E-state index in [0.29, 0.717) is 25.8 Å². The van der Waals surface area contributed by atoms with E-state index in [2.05, 4.69) is 43.5 Å². The largest absolute Gasteiger partial charge is 0.319 e. The highest BCUT2D eigenvalue weighted by Crippen LogP contribution is 2.16. The minimum absolute atomic E-state index is 0.141. The number of carbonyl (C=O) groups is 2.